The van der Waals surface area contributed by atoms with Crippen LogP contribution in [0.15, 0.2) is 32.2 Å². The van der Waals surface area contributed by atoms with Gasteiger partial charge < -0.3 is 10.7 Å². The lowest BCUT2D eigenvalue weighted by atomic mass is 10.1. The fourth-order valence-corrected chi connectivity index (χ4v) is 4.29. The third kappa shape index (κ3) is 1.89. The number of halogens is 2. The number of hydrogen-bond acceptors (Lipinski definition) is 5. The molecule has 0 spiro atoms. The van der Waals surface area contributed by atoms with E-state index in [-0.39, 0.29) is 16.9 Å². The first-order valence-corrected chi connectivity index (χ1v) is 8.21. The number of H-pyrrole nitrogens is 1. The maximum Gasteiger partial charge on any atom is 0.262 e. The van der Waals surface area contributed by atoms with Crippen LogP contribution in [0.25, 0.3) is 16.7 Å². The molecule has 0 fully saturated rings. The molecule has 4 N–H and O–H groups in total. The van der Waals surface area contributed by atoms with Crippen molar-refractivity contribution >= 4 is 60.5 Å². The summed E-state index contributed by atoms with van der Waals surface area (Å²) in [6.45, 7) is 0. The Balaban J connectivity index is 2.13. The number of benzene rings is 1. The highest BCUT2D eigenvalue weighted by molar-refractivity contribution is 9.11. The Bertz CT molecular complexity index is 1130. The Morgan fingerprint density at radius 3 is 2.62 bits per heavy atom. The van der Waals surface area contributed by atoms with Crippen molar-refractivity contribution in [1.29, 1.82) is 0 Å². The highest BCUT2D eigenvalue weighted by atomic mass is 79.9. The summed E-state index contributed by atoms with van der Waals surface area (Å²) < 4.78 is 2.25. The maximum atomic E-state index is 12.6. The number of aromatic nitrogens is 3. The van der Waals surface area contributed by atoms with Gasteiger partial charge in [-0.05, 0) is 37.9 Å². The largest absolute Gasteiger partial charge is 0.384 e. The molecular formula is C14H7Br2N5O3. The van der Waals surface area contributed by atoms with Crippen LogP contribution in [-0.2, 0) is 0 Å². The van der Waals surface area contributed by atoms with Crippen LogP contribution in [0.5, 0.6) is 0 Å². The van der Waals surface area contributed by atoms with Crippen LogP contribution < -0.4 is 16.6 Å². The lowest BCUT2D eigenvalue weighted by molar-refractivity contribution is 0.0880. The first-order chi connectivity index (χ1) is 11.4. The van der Waals surface area contributed by atoms with Gasteiger partial charge >= 0.3 is 0 Å². The van der Waals surface area contributed by atoms with E-state index in [1.54, 1.807) is 6.07 Å². The number of imidazole rings is 1. The zero-order valence-corrected chi connectivity index (χ0v) is 14.9. The van der Waals surface area contributed by atoms with Gasteiger partial charge in [0.1, 0.15) is 11.3 Å². The van der Waals surface area contributed by atoms with E-state index in [0.717, 1.165) is 11.6 Å². The summed E-state index contributed by atoms with van der Waals surface area (Å²) >= 11 is 6.83. The summed E-state index contributed by atoms with van der Waals surface area (Å²) in [4.78, 5) is 43.4. The lowest BCUT2D eigenvalue weighted by Gasteiger charge is -2.15. The topological polar surface area (TPSA) is 123 Å². The molecular weight excluding hydrogens is 446 g/mol. The molecule has 3 heterocycles. The normalized spacial score (nSPS) is 13.4. The van der Waals surface area contributed by atoms with E-state index in [4.69, 9.17) is 5.73 Å². The number of carbonyl (C=O) groups excluding carboxylic acids is 2. The number of nitrogens with two attached hydrogens (primary N) is 1. The molecule has 1 aromatic carbocycles. The van der Waals surface area contributed by atoms with Gasteiger partial charge in [-0.25, -0.2) is 4.98 Å². The number of nitrogen functional groups attached to an aromatic ring is 1. The molecule has 0 unspecified atom stereocenters. The number of fused-ring (bicyclic) bond motifs is 2. The second-order valence-corrected chi connectivity index (χ2v) is 6.74. The van der Waals surface area contributed by atoms with E-state index in [9.17, 15) is 14.4 Å². The van der Waals surface area contributed by atoms with Crippen molar-refractivity contribution in [1.82, 2.24) is 19.9 Å². The SMILES string of the molecule is Nc1c2c(cc(=O)n1-c1c(Br)cc3[nH]cnc3c1Br)C(=O)NC2=O. The van der Waals surface area contributed by atoms with Gasteiger partial charge in [-0.1, -0.05) is 0 Å². The predicted octanol–water partition coefficient (Wildman–Crippen LogP) is 1.70. The third-order valence-electron chi connectivity index (χ3n) is 3.76. The van der Waals surface area contributed by atoms with Crippen molar-refractivity contribution in [3.63, 3.8) is 0 Å². The molecule has 2 aromatic heterocycles. The molecule has 0 saturated heterocycles. The molecule has 0 aliphatic carbocycles. The molecule has 120 valence electrons. The van der Waals surface area contributed by atoms with Gasteiger partial charge in [0, 0.05) is 10.5 Å². The van der Waals surface area contributed by atoms with Crippen molar-refractivity contribution in [3.05, 3.63) is 48.9 Å². The minimum absolute atomic E-state index is 0.0134. The molecule has 0 saturated carbocycles. The highest BCUT2D eigenvalue weighted by Gasteiger charge is 2.32. The summed E-state index contributed by atoms with van der Waals surface area (Å²) in [7, 11) is 0. The molecule has 1 aliphatic rings. The van der Waals surface area contributed by atoms with Crippen LogP contribution in [0.4, 0.5) is 5.82 Å². The molecule has 10 heteroatoms. The summed E-state index contributed by atoms with van der Waals surface area (Å²) in [5, 5.41) is 2.13. The number of rotatable bonds is 1. The Kier molecular flexibility index (Phi) is 3.15. The second-order valence-electron chi connectivity index (χ2n) is 5.09. The van der Waals surface area contributed by atoms with Gasteiger partial charge in [0.25, 0.3) is 17.4 Å². The number of aromatic amines is 1. The van der Waals surface area contributed by atoms with Gasteiger partial charge in [0.2, 0.25) is 0 Å². The first kappa shape index (κ1) is 15.1. The zero-order valence-electron chi connectivity index (χ0n) is 11.7. The van der Waals surface area contributed by atoms with Crippen LogP contribution in [0.3, 0.4) is 0 Å². The van der Waals surface area contributed by atoms with Crippen molar-refractivity contribution in [2.75, 3.05) is 5.73 Å². The molecule has 2 amide bonds. The van der Waals surface area contributed by atoms with Crippen molar-refractivity contribution in [2.24, 2.45) is 0 Å². The molecule has 1 aliphatic heterocycles. The third-order valence-corrected chi connectivity index (χ3v) is 5.11. The second kappa shape index (κ2) is 5.02. The van der Waals surface area contributed by atoms with E-state index >= 15 is 0 Å². The van der Waals surface area contributed by atoms with Gasteiger partial charge in [-0.2, -0.15) is 0 Å². The smallest absolute Gasteiger partial charge is 0.262 e. The van der Waals surface area contributed by atoms with E-state index in [2.05, 4.69) is 47.1 Å². The number of pyridine rings is 1. The van der Waals surface area contributed by atoms with Gasteiger partial charge in [0.05, 0.1) is 33.1 Å². The van der Waals surface area contributed by atoms with Crippen LogP contribution in [0.1, 0.15) is 20.7 Å². The Morgan fingerprint density at radius 1 is 1.12 bits per heavy atom. The summed E-state index contributed by atoms with van der Waals surface area (Å²) in [6, 6.07) is 2.84. The molecule has 0 atom stereocenters. The van der Waals surface area contributed by atoms with Gasteiger partial charge in [-0.3, -0.25) is 24.3 Å². The minimum atomic E-state index is -0.633. The molecule has 0 radical (unpaired) electrons. The number of imide groups is 1. The fourth-order valence-electron chi connectivity index (χ4n) is 2.72. The number of nitrogens with one attached hydrogen (secondary N) is 2. The molecule has 0 bridgehead atoms. The number of amides is 2. The minimum Gasteiger partial charge on any atom is -0.384 e. The van der Waals surface area contributed by atoms with Crippen molar-refractivity contribution in [2.45, 2.75) is 0 Å². The Morgan fingerprint density at radius 2 is 1.88 bits per heavy atom. The predicted molar refractivity (Wildman–Crippen MR) is 93.3 cm³/mol. The van der Waals surface area contributed by atoms with Crippen LogP contribution in [0, 0.1) is 0 Å². The molecule has 4 rings (SSSR count). The molecule has 24 heavy (non-hydrogen) atoms. The van der Waals surface area contributed by atoms with Crippen LogP contribution in [0.2, 0.25) is 0 Å². The van der Waals surface area contributed by atoms with E-state index in [0.29, 0.717) is 20.1 Å². The lowest BCUT2D eigenvalue weighted by Crippen LogP contribution is -2.24. The Labute approximate surface area is 150 Å². The van der Waals surface area contributed by atoms with E-state index < -0.39 is 17.4 Å². The standard InChI is InChI=1S/C14H7Br2N5O3/c15-5-2-6-10(19-3-18-6)9(16)11(5)21-7(22)1-4-8(12(21)17)14(24)20-13(4)23/h1-3H,17H2,(H,18,19)(H,20,23,24). The average molecular weight is 453 g/mol. The molecule has 8 nitrogen and oxygen atoms in total. The summed E-state index contributed by atoms with van der Waals surface area (Å²) in [6.07, 6.45) is 1.52. The number of carbonyl (C=O) groups is 2. The average Bonchev–Trinajstić information content (AvgIpc) is 3.07. The number of anilines is 1. The summed E-state index contributed by atoms with van der Waals surface area (Å²) in [5.41, 5.74) is 7.23. The first-order valence-electron chi connectivity index (χ1n) is 6.63. The number of hydrogen-bond donors (Lipinski definition) is 3. The Hall–Kier alpha value is -2.46. The molecule has 3 aromatic rings. The van der Waals surface area contributed by atoms with Crippen molar-refractivity contribution < 1.29 is 9.59 Å². The van der Waals surface area contributed by atoms with Crippen LogP contribution in [-0.4, -0.2) is 26.3 Å². The van der Waals surface area contributed by atoms with Gasteiger partial charge in [-0.15, -0.1) is 0 Å². The number of nitrogens with zero attached hydrogens (tertiary/aromatic N) is 2. The maximum absolute atomic E-state index is 12.6. The highest BCUT2D eigenvalue weighted by Crippen LogP contribution is 2.36. The van der Waals surface area contributed by atoms with Gasteiger partial charge in [0.15, 0.2) is 0 Å². The van der Waals surface area contributed by atoms with E-state index in [1.165, 1.54) is 10.9 Å². The quantitative estimate of drug-likeness (QED) is 0.485. The van der Waals surface area contributed by atoms with Crippen LogP contribution >= 0.6 is 31.9 Å². The van der Waals surface area contributed by atoms with Crippen molar-refractivity contribution in [3.8, 4) is 5.69 Å². The van der Waals surface area contributed by atoms with E-state index in [1.807, 2.05) is 0 Å². The fraction of sp³-hybridized carbons (Fsp3) is 0. The summed E-state index contributed by atoms with van der Waals surface area (Å²) in [5.74, 6) is -1.38. The zero-order chi connectivity index (χ0) is 17.2. The monoisotopic (exact) mass is 451 g/mol.